The molecule has 0 radical (unpaired) electrons. The van der Waals surface area contributed by atoms with Crippen molar-refractivity contribution in [3.8, 4) is 0 Å². The Morgan fingerprint density at radius 2 is 2.00 bits per heavy atom. The Hall–Kier alpha value is -1.37. The molecule has 4 aliphatic carbocycles. The van der Waals surface area contributed by atoms with Crippen molar-refractivity contribution in [1.82, 2.24) is 0 Å². The molecular weight excluding hydrogens is 363 g/mol. The van der Waals surface area contributed by atoms with Crippen LogP contribution in [0.4, 0.5) is 4.39 Å². The molecule has 0 amide bonds. The highest BCUT2D eigenvalue weighted by atomic mass is 19.1. The Balaban J connectivity index is 1.84. The predicted molar refractivity (Wildman–Crippen MR) is 99.9 cm³/mol. The highest BCUT2D eigenvalue weighted by Gasteiger charge is 2.74. The summed E-state index contributed by atoms with van der Waals surface area (Å²) in [5.74, 6) is -1.73. The smallest absolute Gasteiger partial charge is 0.190 e. The standard InChI is InChI=1S/C22H29FO5/c1-12-8-16-14-5-7-21(28,18(27)11-24)20(14,3)10-17(26)22(16,23)19(2)6-4-13(25)9-15(12)19/h4,6,9,12,14,16-17,24,26,28H,5,7-8,10-11H2,1-3H3/t12-,14-,16-,17-,19-,20-,21-,22-/m0/s1. The molecule has 0 aromatic rings. The van der Waals surface area contributed by atoms with E-state index in [9.17, 15) is 24.9 Å². The zero-order chi connectivity index (χ0) is 20.7. The molecule has 4 rings (SSSR count). The quantitative estimate of drug-likeness (QED) is 0.667. The molecule has 0 bridgehead atoms. The number of allylic oxidation sites excluding steroid dienone is 4. The van der Waals surface area contributed by atoms with Gasteiger partial charge < -0.3 is 15.3 Å². The van der Waals surface area contributed by atoms with E-state index in [1.54, 1.807) is 19.9 Å². The van der Waals surface area contributed by atoms with Crippen molar-refractivity contribution in [2.45, 2.75) is 63.8 Å². The third-order valence-electron chi connectivity index (χ3n) is 8.73. The van der Waals surface area contributed by atoms with E-state index in [1.165, 1.54) is 12.2 Å². The molecule has 6 heteroatoms. The van der Waals surface area contributed by atoms with Gasteiger partial charge in [-0.1, -0.05) is 25.5 Å². The molecule has 8 atom stereocenters. The first kappa shape index (κ1) is 19.9. The van der Waals surface area contributed by atoms with E-state index in [0.717, 1.165) is 0 Å². The van der Waals surface area contributed by atoms with Crippen LogP contribution < -0.4 is 0 Å². The summed E-state index contributed by atoms with van der Waals surface area (Å²) < 4.78 is 16.9. The summed E-state index contributed by atoms with van der Waals surface area (Å²) in [5.41, 5.74) is -5.14. The molecule has 0 heterocycles. The molecule has 0 aromatic heterocycles. The number of Topliss-reactive ketones (excluding diaryl/α,β-unsaturated/α-hetero) is 1. The van der Waals surface area contributed by atoms with Crippen LogP contribution in [0.2, 0.25) is 0 Å². The zero-order valence-electron chi connectivity index (χ0n) is 16.6. The summed E-state index contributed by atoms with van der Waals surface area (Å²) in [7, 11) is 0. The van der Waals surface area contributed by atoms with Gasteiger partial charge in [-0.15, -0.1) is 0 Å². The molecular formula is C22H29FO5. The van der Waals surface area contributed by atoms with E-state index in [4.69, 9.17) is 0 Å². The maximum atomic E-state index is 16.9. The van der Waals surface area contributed by atoms with Crippen LogP contribution in [0, 0.1) is 28.6 Å². The Morgan fingerprint density at radius 1 is 1.32 bits per heavy atom. The average Bonchev–Trinajstić information content (AvgIpc) is 2.91. The van der Waals surface area contributed by atoms with E-state index in [2.05, 4.69) is 0 Å². The van der Waals surface area contributed by atoms with Crippen LogP contribution in [0.3, 0.4) is 0 Å². The first-order valence-corrected chi connectivity index (χ1v) is 10.1. The van der Waals surface area contributed by atoms with E-state index < -0.39 is 46.5 Å². The number of hydrogen-bond acceptors (Lipinski definition) is 5. The summed E-state index contributed by atoms with van der Waals surface area (Å²) in [6.45, 7) is 4.69. The van der Waals surface area contributed by atoms with Gasteiger partial charge in [0.1, 0.15) is 12.2 Å². The number of carbonyl (C=O) groups is 2. The molecule has 0 aromatic carbocycles. The monoisotopic (exact) mass is 392 g/mol. The lowest BCUT2D eigenvalue weighted by Gasteiger charge is -2.63. The lowest BCUT2D eigenvalue weighted by atomic mass is 9.43. The molecule has 0 spiro atoms. The van der Waals surface area contributed by atoms with Crippen LogP contribution in [0.25, 0.3) is 0 Å². The minimum absolute atomic E-state index is 0.0513. The van der Waals surface area contributed by atoms with Gasteiger partial charge in [0, 0.05) is 16.7 Å². The lowest BCUT2D eigenvalue weighted by molar-refractivity contribution is -0.221. The van der Waals surface area contributed by atoms with Crippen LogP contribution in [-0.4, -0.2) is 50.9 Å². The van der Waals surface area contributed by atoms with Gasteiger partial charge >= 0.3 is 0 Å². The minimum Gasteiger partial charge on any atom is -0.390 e. The Kier molecular flexibility index (Phi) is 4.15. The second kappa shape index (κ2) is 5.83. The van der Waals surface area contributed by atoms with Crippen molar-refractivity contribution in [2.75, 3.05) is 6.61 Å². The number of fused-ring (bicyclic) bond motifs is 5. The molecule has 28 heavy (non-hydrogen) atoms. The molecule has 0 unspecified atom stereocenters. The van der Waals surface area contributed by atoms with E-state index in [1.807, 2.05) is 6.92 Å². The van der Waals surface area contributed by atoms with Crippen LogP contribution in [0.1, 0.15) is 46.5 Å². The highest BCUT2D eigenvalue weighted by Crippen LogP contribution is 2.70. The highest BCUT2D eigenvalue weighted by molar-refractivity contribution is 6.01. The Bertz CT molecular complexity index is 805. The fourth-order valence-corrected chi connectivity index (χ4v) is 7.19. The number of aliphatic hydroxyl groups is 3. The zero-order valence-corrected chi connectivity index (χ0v) is 16.6. The Labute approximate surface area is 164 Å². The molecule has 154 valence electrons. The van der Waals surface area contributed by atoms with Crippen molar-refractivity contribution >= 4 is 11.6 Å². The maximum Gasteiger partial charge on any atom is 0.190 e. The minimum atomic E-state index is -1.99. The van der Waals surface area contributed by atoms with Gasteiger partial charge in [-0.2, -0.15) is 0 Å². The summed E-state index contributed by atoms with van der Waals surface area (Å²) in [5, 5.41) is 31.7. The van der Waals surface area contributed by atoms with Crippen LogP contribution >= 0.6 is 0 Å². The molecule has 3 N–H and O–H groups in total. The van der Waals surface area contributed by atoms with Crippen LogP contribution in [-0.2, 0) is 9.59 Å². The molecule has 3 fully saturated rings. The van der Waals surface area contributed by atoms with Crippen LogP contribution in [0.15, 0.2) is 23.8 Å². The normalized spacial score (nSPS) is 52.5. The van der Waals surface area contributed by atoms with E-state index >= 15 is 4.39 Å². The summed E-state index contributed by atoms with van der Waals surface area (Å²) in [4.78, 5) is 24.3. The summed E-state index contributed by atoms with van der Waals surface area (Å²) in [6.07, 6.45) is 4.09. The molecule has 3 saturated carbocycles. The summed E-state index contributed by atoms with van der Waals surface area (Å²) >= 11 is 0. The van der Waals surface area contributed by atoms with E-state index in [-0.39, 0.29) is 30.5 Å². The van der Waals surface area contributed by atoms with Gasteiger partial charge in [-0.25, -0.2) is 4.39 Å². The second-order valence-corrected chi connectivity index (χ2v) is 9.77. The third kappa shape index (κ3) is 2.06. The van der Waals surface area contributed by atoms with Crippen molar-refractivity contribution < 1.29 is 29.3 Å². The fourth-order valence-electron chi connectivity index (χ4n) is 7.19. The molecule has 0 aliphatic heterocycles. The summed E-state index contributed by atoms with van der Waals surface area (Å²) in [6, 6.07) is 0. The number of aliphatic hydroxyl groups excluding tert-OH is 2. The molecule has 4 aliphatic rings. The first-order chi connectivity index (χ1) is 13.0. The van der Waals surface area contributed by atoms with Crippen LogP contribution in [0.5, 0.6) is 0 Å². The fraction of sp³-hybridized carbons (Fsp3) is 0.727. The van der Waals surface area contributed by atoms with E-state index in [0.29, 0.717) is 18.4 Å². The van der Waals surface area contributed by atoms with Gasteiger partial charge in [0.2, 0.25) is 0 Å². The molecule has 0 saturated heterocycles. The number of hydrogen-bond donors (Lipinski definition) is 3. The average molecular weight is 392 g/mol. The van der Waals surface area contributed by atoms with Gasteiger partial charge in [-0.3, -0.25) is 9.59 Å². The first-order valence-electron chi connectivity index (χ1n) is 10.1. The van der Waals surface area contributed by atoms with Crippen molar-refractivity contribution in [3.63, 3.8) is 0 Å². The number of rotatable bonds is 2. The second-order valence-electron chi connectivity index (χ2n) is 9.77. The third-order valence-corrected chi connectivity index (χ3v) is 8.73. The number of carbonyl (C=O) groups excluding carboxylic acids is 2. The van der Waals surface area contributed by atoms with Gasteiger partial charge in [-0.05, 0) is 56.6 Å². The van der Waals surface area contributed by atoms with Gasteiger partial charge in [0.25, 0.3) is 0 Å². The maximum absolute atomic E-state index is 16.9. The lowest BCUT2D eigenvalue weighted by Crippen LogP contribution is -2.69. The number of halogens is 1. The van der Waals surface area contributed by atoms with Gasteiger partial charge in [0.15, 0.2) is 17.2 Å². The SMILES string of the molecule is C[C@H]1C[C@H]2[C@@H]3CC[C@](O)(C(=O)CO)[C@@]3(C)C[C@H](O)[C@]2(F)[C@@]2(C)C=CC(=O)C=C12. The molecule has 5 nitrogen and oxygen atoms in total. The predicted octanol–water partition coefficient (Wildman–Crippen LogP) is 1.90. The van der Waals surface area contributed by atoms with Gasteiger partial charge in [0.05, 0.1) is 6.10 Å². The number of ketones is 2. The topological polar surface area (TPSA) is 94.8 Å². The Morgan fingerprint density at radius 3 is 2.64 bits per heavy atom. The largest absolute Gasteiger partial charge is 0.390 e. The van der Waals surface area contributed by atoms with Crippen molar-refractivity contribution in [3.05, 3.63) is 23.8 Å². The number of alkyl halides is 1. The van der Waals surface area contributed by atoms with Crippen molar-refractivity contribution in [1.29, 1.82) is 0 Å². The van der Waals surface area contributed by atoms with Crippen molar-refractivity contribution in [2.24, 2.45) is 28.6 Å².